The van der Waals surface area contributed by atoms with Gasteiger partial charge in [-0.2, -0.15) is 0 Å². The standard InChI is InChI=1S/C11H19N3O/c1-3-4-5-12-10-11(15)14-8-6-13(2)7-9-14/h1,12H,4-10H2,2H3. The summed E-state index contributed by atoms with van der Waals surface area (Å²) >= 11 is 0. The Morgan fingerprint density at radius 1 is 1.40 bits per heavy atom. The Bertz CT molecular complexity index is 239. The molecule has 0 aromatic heterocycles. The summed E-state index contributed by atoms with van der Waals surface area (Å²) in [5.41, 5.74) is 0. The topological polar surface area (TPSA) is 35.6 Å². The van der Waals surface area contributed by atoms with Crippen molar-refractivity contribution in [2.45, 2.75) is 6.42 Å². The molecule has 0 bridgehead atoms. The molecule has 1 rings (SSSR count). The van der Waals surface area contributed by atoms with Gasteiger partial charge in [-0.15, -0.1) is 12.3 Å². The van der Waals surface area contributed by atoms with Crippen LogP contribution in [0.15, 0.2) is 0 Å². The lowest BCUT2D eigenvalue weighted by Gasteiger charge is -2.32. The number of carbonyl (C=O) groups excluding carboxylic acids is 1. The molecule has 0 atom stereocenters. The highest BCUT2D eigenvalue weighted by Gasteiger charge is 2.17. The number of carbonyl (C=O) groups is 1. The van der Waals surface area contributed by atoms with E-state index in [0.29, 0.717) is 13.0 Å². The van der Waals surface area contributed by atoms with Gasteiger partial charge in [0, 0.05) is 39.1 Å². The van der Waals surface area contributed by atoms with Crippen LogP contribution in [0.5, 0.6) is 0 Å². The highest BCUT2D eigenvalue weighted by molar-refractivity contribution is 5.78. The molecule has 0 saturated carbocycles. The zero-order valence-electron chi connectivity index (χ0n) is 9.33. The van der Waals surface area contributed by atoms with Gasteiger partial charge < -0.3 is 15.1 Å². The van der Waals surface area contributed by atoms with Gasteiger partial charge in [-0.25, -0.2) is 0 Å². The van der Waals surface area contributed by atoms with E-state index in [1.807, 2.05) is 4.90 Å². The fourth-order valence-electron chi connectivity index (χ4n) is 1.52. The Balaban J connectivity index is 2.14. The van der Waals surface area contributed by atoms with Crippen molar-refractivity contribution in [3.8, 4) is 12.3 Å². The fourth-order valence-corrected chi connectivity index (χ4v) is 1.52. The normalized spacial score (nSPS) is 17.5. The van der Waals surface area contributed by atoms with Gasteiger partial charge in [0.25, 0.3) is 0 Å². The quantitative estimate of drug-likeness (QED) is 0.495. The van der Waals surface area contributed by atoms with Crippen molar-refractivity contribution in [1.82, 2.24) is 15.1 Å². The molecule has 0 unspecified atom stereocenters. The smallest absolute Gasteiger partial charge is 0.236 e. The lowest BCUT2D eigenvalue weighted by molar-refractivity contribution is -0.131. The molecule has 0 aromatic carbocycles. The van der Waals surface area contributed by atoms with E-state index in [1.165, 1.54) is 0 Å². The van der Waals surface area contributed by atoms with E-state index in [4.69, 9.17) is 6.42 Å². The Morgan fingerprint density at radius 3 is 2.67 bits per heavy atom. The lowest BCUT2D eigenvalue weighted by Crippen LogP contribution is -2.49. The van der Waals surface area contributed by atoms with Crippen molar-refractivity contribution in [3.63, 3.8) is 0 Å². The second kappa shape index (κ2) is 6.44. The van der Waals surface area contributed by atoms with Crippen LogP contribution in [0.2, 0.25) is 0 Å². The van der Waals surface area contributed by atoms with E-state index in [-0.39, 0.29) is 5.91 Å². The van der Waals surface area contributed by atoms with Crippen LogP contribution in [-0.2, 0) is 4.79 Å². The molecule has 1 aliphatic heterocycles. The van der Waals surface area contributed by atoms with Gasteiger partial charge in [0.05, 0.1) is 6.54 Å². The van der Waals surface area contributed by atoms with Crippen LogP contribution < -0.4 is 5.32 Å². The molecular weight excluding hydrogens is 190 g/mol. The first-order valence-corrected chi connectivity index (χ1v) is 5.34. The first-order chi connectivity index (χ1) is 7.24. The van der Waals surface area contributed by atoms with Crippen molar-refractivity contribution in [1.29, 1.82) is 0 Å². The zero-order valence-corrected chi connectivity index (χ0v) is 9.33. The summed E-state index contributed by atoms with van der Waals surface area (Å²) in [5.74, 6) is 2.71. The Labute approximate surface area is 91.6 Å². The minimum Gasteiger partial charge on any atom is -0.339 e. The first kappa shape index (κ1) is 12.0. The van der Waals surface area contributed by atoms with Crippen LogP contribution in [0.4, 0.5) is 0 Å². The molecule has 84 valence electrons. The molecule has 15 heavy (non-hydrogen) atoms. The van der Waals surface area contributed by atoms with Gasteiger partial charge in [-0.1, -0.05) is 0 Å². The molecule has 1 N–H and O–H groups in total. The number of piperazine rings is 1. The summed E-state index contributed by atoms with van der Waals surface area (Å²) in [6.45, 7) is 4.74. The highest BCUT2D eigenvalue weighted by atomic mass is 16.2. The summed E-state index contributed by atoms with van der Waals surface area (Å²) in [5, 5.41) is 3.05. The summed E-state index contributed by atoms with van der Waals surface area (Å²) in [6, 6.07) is 0. The van der Waals surface area contributed by atoms with E-state index in [1.54, 1.807) is 0 Å². The molecule has 1 heterocycles. The number of likely N-dealkylation sites (N-methyl/N-ethyl adjacent to an activating group) is 1. The molecule has 4 nitrogen and oxygen atoms in total. The maximum absolute atomic E-state index is 11.7. The third-order valence-corrected chi connectivity index (χ3v) is 2.58. The number of nitrogens with zero attached hydrogens (tertiary/aromatic N) is 2. The van der Waals surface area contributed by atoms with Crippen LogP contribution in [0, 0.1) is 12.3 Å². The Kier molecular flexibility index (Phi) is 5.16. The van der Waals surface area contributed by atoms with Crippen LogP contribution in [-0.4, -0.2) is 62.0 Å². The Hall–Kier alpha value is -1.05. The summed E-state index contributed by atoms with van der Waals surface area (Å²) in [7, 11) is 2.08. The summed E-state index contributed by atoms with van der Waals surface area (Å²) in [6.07, 6.45) is 5.79. The first-order valence-electron chi connectivity index (χ1n) is 5.34. The fraction of sp³-hybridized carbons (Fsp3) is 0.727. The second-order valence-electron chi connectivity index (χ2n) is 3.81. The molecule has 1 amide bonds. The lowest BCUT2D eigenvalue weighted by atomic mass is 10.3. The third-order valence-electron chi connectivity index (χ3n) is 2.58. The average molecular weight is 209 g/mol. The molecule has 0 spiro atoms. The monoisotopic (exact) mass is 209 g/mol. The number of nitrogens with one attached hydrogen (secondary N) is 1. The number of rotatable bonds is 4. The van der Waals surface area contributed by atoms with Crippen molar-refractivity contribution in [2.24, 2.45) is 0 Å². The largest absolute Gasteiger partial charge is 0.339 e. The molecule has 0 aromatic rings. The van der Waals surface area contributed by atoms with E-state index >= 15 is 0 Å². The molecule has 1 aliphatic rings. The minimum absolute atomic E-state index is 0.181. The van der Waals surface area contributed by atoms with Gasteiger partial charge in [-0.3, -0.25) is 4.79 Å². The summed E-state index contributed by atoms with van der Waals surface area (Å²) in [4.78, 5) is 15.8. The maximum Gasteiger partial charge on any atom is 0.236 e. The van der Waals surface area contributed by atoms with E-state index in [9.17, 15) is 4.79 Å². The van der Waals surface area contributed by atoms with Gasteiger partial charge in [-0.05, 0) is 7.05 Å². The molecule has 0 radical (unpaired) electrons. The van der Waals surface area contributed by atoms with Crippen molar-refractivity contribution in [2.75, 3.05) is 46.3 Å². The van der Waals surface area contributed by atoms with Gasteiger partial charge in [0.2, 0.25) is 5.91 Å². The SMILES string of the molecule is C#CCCNCC(=O)N1CCN(C)CC1. The maximum atomic E-state index is 11.7. The van der Waals surface area contributed by atoms with Gasteiger partial charge in [0.1, 0.15) is 0 Å². The van der Waals surface area contributed by atoms with Crippen LogP contribution >= 0.6 is 0 Å². The average Bonchev–Trinajstić information content (AvgIpc) is 2.25. The van der Waals surface area contributed by atoms with Crippen LogP contribution in [0.3, 0.4) is 0 Å². The molecule has 1 fully saturated rings. The second-order valence-corrected chi connectivity index (χ2v) is 3.81. The van der Waals surface area contributed by atoms with Gasteiger partial charge >= 0.3 is 0 Å². The predicted octanol–water partition coefficient (Wildman–Crippen LogP) is -0.627. The zero-order chi connectivity index (χ0) is 11.1. The molecule has 4 heteroatoms. The summed E-state index contributed by atoms with van der Waals surface area (Å²) < 4.78 is 0. The van der Waals surface area contributed by atoms with E-state index in [0.717, 1.165) is 32.7 Å². The minimum atomic E-state index is 0.181. The number of terminal acetylenes is 1. The van der Waals surface area contributed by atoms with Gasteiger partial charge in [0.15, 0.2) is 0 Å². The van der Waals surface area contributed by atoms with Crippen molar-refractivity contribution < 1.29 is 4.79 Å². The number of hydrogen-bond donors (Lipinski definition) is 1. The van der Waals surface area contributed by atoms with E-state index in [2.05, 4.69) is 23.2 Å². The van der Waals surface area contributed by atoms with E-state index < -0.39 is 0 Å². The predicted molar refractivity (Wildman–Crippen MR) is 60.4 cm³/mol. The molecule has 0 aliphatic carbocycles. The van der Waals surface area contributed by atoms with Crippen LogP contribution in [0.1, 0.15) is 6.42 Å². The van der Waals surface area contributed by atoms with Crippen molar-refractivity contribution in [3.05, 3.63) is 0 Å². The third kappa shape index (κ3) is 4.32. The number of amides is 1. The highest BCUT2D eigenvalue weighted by Crippen LogP contribution is 1.98. The molecular formula is C11H19N3O. The van der Waals surface area contributed by atoms with Crippen molar-refractivity contribution >= 4 is 5.91 Å². The Morgan fingerprint density at radius 2 is 2.07 bits per heavy atom. The number of hydrogen-bond acceptors (Lipinski definition) is 3. The van der Waals surface area contributed by atoms with Crippen LogP contribution in [0.25, 0.3) is 0 Å². The molecule has 1 saturated heterocycles.